The first-order valence-electron chi connectivity index (χ1n) is 7.46. The Balaban J connectivity index is 1.89. The number of benzene rings is 3. The van der Waals surface area contributed by atoms with Crippen molar-refractivity contribution >= 4 is 23.8 Å². The number of rotatable bonds is 4. The zero-order valence-corrected chi connectivity index (χ0v) is 12.9. The van der Waals surface area contributed by atoms with Crippen molar-refractivity contribution in [3.63, 3.8) is 0 Å². The van der Waals surface area contributed by atoms with Crippen LogP contribution in [-0.4, -0.2) is 22.6 Å². The van der Waals surface area contributed by atoms with E-state index in [4.69, 9.17) is 0 Å². The summed E-state index contributed by atoms with van der Waals surface area (Å²) in [6.07, 6.45) is 3.30. The summed E-state index contributed by atoms with van der Waals surface area (Å²) in [5, 5.41) is 19.9. The Morgan fingerprint density at radius 3 is 1.42 bits per heavy atom. The molecular weight excluding hydrogens is 300 g/mol. The summed E-state index contributed by atoms with van der Waals surface area (Å²) >= 11 is 0. The summed E-state index contributed by atoms with van der Waals surface area (Å²) in [5.41, 5.74) is 2.52. The highest BCUT2D eigenvalue weighted by atomic mass is 16.3. The molecule has 0 aliphatic heterocycles. The minimum absolute atomic E-state index is 0.0988. The van der Waals surface area contributed by atoms with E-state index in [0.717, 1.165) is 11.1 Å². The predicted octanol–water partition coefficient (Wildman–Crippen LogP) is 4.60. The number of hydrogen-bond donors (Lipinski definition) is 2. The predicted molar refractivity (Wildman–Crippen MR) is 97.2 cm³/mol. The summed E-state index contributed by atoms with van der Waals surface area (Å²) in [6, 6.07) is 21.9. The highest BCUT2D eigenvalue weighted by Crippen LogP contribution is 2.38. The molecule has 2 N–H and O–H groups in total. The lowest BCUT2D eigenvalue weighted by Gasteiger charge is -2.04. The highest BCUT2D eigenvalue weighted by molar-refractivity contribution is 5.85. The minimum Gasteiger partial charge on any atom is -0.506 e. The number of phenols is 2. The summed E-state index contributed by atoms with van der Waals surface area (Å²) in [4.78, 5) is 8.55. The Labute approximate surface area is 140 Å². The van der Waals surface area contributed by atoms with Gasteiger partial charge >= 0.3 is 0 Å². The van der Waals surface area contributed by atoms with Gasteiger partial charge in [0.25, 0.3) is 0 Å². The van der Waals surface area contributed by atoms with Crippen molar-refractivity contribution in [3.05, 3.63) is 83.9 Å². The summed E-state index contributed by atoms with van der Waals surface area (Å²) in [6.45, 7) is 0. The lowest BCUT2D eigenvalue weighted by molar-refractivity contribution is 0.452. The second-order valence-electron chi connectivity index (χ2n) is 5.17. The largest absolute Gasteiger partial charge is 0.506 e. The number of phenolic OH excluding ortho intramolecular Hbond substituents is 2. The summed E-state index contributed by atoms with van der Waals surface area (Å²) < 4.78 is 0. The monoisotopic (exact) mass is 316 g/mol. The molecule has 0 spiro atoms. The lowest BCUT2D eigenvalue weighted by Crippen LogP contribution is -1.80. The smallest absolute Gasteiger partial charge is 0.145 e. The van der Waals surface area contributed by atoms with Gasteiger partial charge in [0.2, 0.25) is 0 Å². The Bertz CT molecular complexity index is 802. The van der Waals surface area contributed by atoms with Crippen LogP contribution in [-0.2, 0) is 0 Å². The van der Waals surface area contributed by atoms with E-state index in [1.807, 2.05) is 60.7 Å². The van der Waals surface area contributed by atoms with E-state index in [1.54, 1.807) is 18.5 Å². The van der Waals surface area contributed by atoms with E-state index in [9.17, 15) is 10.2 Å². The van der Waals surface area contributed by atoms with Crippen LogP contribution in [0.2, 0.25) is 0 Å². The SMILES string of the molecule is Oc1cc(O)c(/N=C/c2ccccc2)cc1/N=C/c1ccccc1. The van der Waals surface area contributed by atoms with E-state index in [1.165, 1.54) is 6.07 Å². The molecule has 24 heavy (non-hydrogen) atoms. The Morgan fingerprint density at radius 1 is 0.583 bits per heavy atom. The van der Waals surface area contributed by atoms with E-state index in [0.29, 0.717) is 11.4 Å². The van der Waals surface area contributed by atoms with Crippen LogP contribution in [0.25, 0.3) is 0 Å². The molecule has 4 nitrogen and oxygen atoms in total. The van der Waals surface area contributed by atoms with Gasteiger partial charge in [0.15, 0.2) is 0 Å². The fourth-order valence-electron chi connectivity index (χ4n) is 2.13. The van der Waals surface area contributed by atoms with Gasteiger partial charge in [-0.1, -0.05) is 60.7 Å². The molecule has 3 rings (SSSR count). The van der Waals surface area contributed by atoms with Crippen molar-refractivity contribution in [2.75, 3.05) is 0 Å². The topological polar surface area (TPSA) is 65.2 Å². The molecule has 0 bridgehead atoms. The van der Waals surface area contributed by atoms with Crippen LogP contribution in [0.5, 0.6) is 11.5 Å². The van der Waals surface area contributed by atoms with Gasteiger partial charge in [0, 0.05) is 18.5 Å². The molecule has 118 valence electrons. The lowest BCUT2D eigenvalue weighted by atomic mass is 10.2. The van der Waals surface area contributed by atoms with E-state index >= 15 is 0 Å². The third kappa shape index (κ3) is 3.87. The van der Waals surface area contributed by atoms with Crippen LogP contribution >= 0.6 is 0 Å². The standard InChI is InChI=1S/C20H16N2O2/c23-19-12-20(24)18(22-14-16-9-5-2-6-10-16)11-17(19)21-13-15-7-3-1-4-8-15/h1-14,23-24H/b21-13+,22-14+. The zero-order chi connectivity index (χ0) is 16.8. The van der Waals surface area contributed by atoms with Gasteiger partial charge in [0.1, 0.15) is 22.9 Å². The van der Waals surface area contributed by atoms with Crippen LogP contribution < -0.4 is 0 Å². The quantitative estimate of drug-likeness (QED) is 0.691. The molecule has 0 unspecified atom stereocenters. The molecular formula is C20H16N2O2. The first-order chi connectivity index (χ1) is 11.7. The van der Waals surface area contributed by atoms with Crippen LogP contribution in [0.15, 0.2) is 82.8 Å². The van der Waals surface area contributed by atoms with Gasteiger partial charge in [0.05, 0.1) is 0 Å². The number of aliphatic imine (C=N–C) groups is 2. The molecule has 4 heteroatoms. The third-order valence-corrected chi connectivity index (χ3v) is 3.38. The second-order valence-corrected chi connectivity index (χ2v) is 5.17. The van der Waals surface area contributed by atoms with Crippen molar-refractivity contribution in [3.8, 4) is 11.5 Å². The van der Waals surface area contributed by atoms with Gasteiger partial charge in [-0.05, 0) is 17.2 Å². The molecule has 0 aliphatic carbocycles. The van der Waals surface area contributed by atoms with Gasteiger partial charge in [-0.3, -0.25) is 9.98 Å². The Hall–Kier alpha value is -3.40. The van der Waals surface area contributed by atoms with Crippen LogP contribution in [0.1, 0.15) is 11.1 Å². The van der Waals surface area contributed by atoms with Crippen LogP contribution in [0.3, 0.4) is 0 Å². The zero-order valence-electron chi connectivity index (χ0n) is 12.9. The number of hydrogen-bond acceptors (Lipinski definition) is 4. The normalized spacial score (nSPS) is 11.3. The first-order valence-corrected chi connectivity index (χ1v) is 7.46. The molecule has 0 atom stereocenters. The van der Waals surface area contributed by atoms with E-state index in [2.05, 4.69) is 9.98 Å². The van der Waals surface area contributed by atoms with Crippen molar-refractivity contribution in [1.82, 2.24) is 0 Å². The van der Waals surface area contributed by atoms with Crippen LogP contribution in [0, 0.1) is 0 Å². The fraction of sp³-hybridized carbons (Fsp3) is 0. The molecule has 0 aliphatic rings. The Kier molecular flexibility index (Phi) is 4.68. The van der Waals surface area contributed by atoms with Gasteiger partial charge in [-0.25, -0.2) is 0 Å². The van der Waals surface area contributed by atoms with Crippen molar-refractivity contribution in [2.45, 2.75) is 0 Å². The van der Waals surface area contributed by atoms with Crippen LogP contribution in [0.4, 0.5) is 11.4 Å². The van der Waals surface area contributed by atoms with Crippen molar-refractivity contribution in [1.29, 1.82) is 0 Å². The average molecular weight is 316 g/mol. The number of aromatic hydroxyl groups is 2. The van der Waals surface area contributed by atoms with E-state index in [-0.39, 0.29) is 11.5 Å². The average Bonchev–Trinajstić information content (AvgIpc) is 2.62. The second kappa shape index (κ2) is 7.24. The maximum absolute atomic E-state index is 9.95. The molecule has 0 heterocycles. The van der Waals surface area contributed by atoms with Gasteiger partial charge in [-0.15, -0.1) is 0 Å². The Morgan fingerprint density at radius 2 is 1.00 bits per heavy atom. The molecule has 0 fully saturated rings. The molecule has 0 aromatic heterocycles. The summed E-state index contributed by atoms with van der Waals surface area (Å²) in [5.74, 6) is -0.198. The van der Waals surface area contributed by atoms with E-state index < -0.39 is 0 Å². The molecule has 0 saturated heterocycles. The molecule has 0 saturated carbocycles. The minimum atomic E-state index is -0.0988. The number of nitrogens with zero attached hydrogens (tertiary/aromatic N) is 2. The maximum atomic E-state index is 9.95. The summed E-state index contributed by atoms with van der Waals surface area (Å²) in [7, 11) is 0. The van der Waals surface area contributed by atoms with Crippen molar-refractivity contribution < 1.29 is 10.2 Å². The first kappa shape index (κ1) is 15.5. The molecule has 0 amide bonds. The highest BCUT2D eigenvalue weighted by Gasteiger charge is 2.07. The maximum Gasteiger partial charge on any atom is 0.145 e. The third-order valence-electron chi connectivity index (χ3n) is 3.38. The molecule has 0 radical (unpaired) electrons. The molecule has 3 aromatic carbocycles. The fourth-order valence-corrected chi connectivity index (χ4v) is 2.13. The van der Waals surface area contributed by atoms with Gasteiger partial charge in [-0.2, -0.15) is 0 Å². The van der Waals surface area contributed by atoms with Crippen molar-refractivity contribution in [2.24, 2.45) is 9.98 Å². The van der Waals surface area contributed by atoms with Gasteiger partial charge < -0.3 is 10.2 Å². The molecule has 3 aromatic rings.